The quantitative estimate of drug-likeness (QED) is 0.532. The Hall–Kier alpha value is -2.06. The average molecular weight is 376 g/mol. The van der Waals surface area contributed by atoms with E-state index in [0.29, 0.717) is 19.8 Å². The second kappa shape index (κ2) is 11.6. The van der Waals surface area contributed by atoms with Gasteiger partial charge in [-0.2, -0.15) is 0 Å². The summed E-state index contributed by atoms with van der Waals surface area (Å²) in [6.45, 7) is 4.17. The zero-order valence-corrected chi connectivity index (χ0v) is 15.7. The van der Waals surface area contributed by atoms with Crippen LogP contribution in [0, 0.1) is 5.92 Å². The lowest BCUT2D eigenvalue weighted by Crippen LogP contribution is -2.26. The van der Waals surface area contributed by atoms with Crippen LogP contribution >= 0.6 is 0 Å². The molecule has 27 heavy (non-hydrogen) atoms. The van der Waals surface area contributed by atoms with E-state index >= 15 is 0 Å². The number of benzene rings is 1. The maximum absolute atomic E-state index is 10.4. The number of pyridine rings is 1. The Bertz CT molecular complexity index is 692. The summed E-state index contributed by atoms with van der Waals surface area (Å²) in [7, 11) is 1.67. The van der Waals surface area contributed by atoms with Crippen LogP contribution in [0.5, 0.6) is 0 Å². The van der Waals surface area contributed by atoms with Gasteiger partial charge in [-0.1, -0.05) is 18.2 Å². The third-order valence-electron chi connectivity index (χ3n) is 4.69. The monoisotopic (exact) mass is 376 g/mol. The van der Waals surface area contributed by atoms with E-state index < -0.39 is 0 Å². The number of rotatable bonds is 8. The van der Waals surface area contributed by atoms with Crippen molar-refractivity contribution in [2.75, 3.05) is 46.6 Å². The maximum atomic E-state index is 10.4. The SMILES string of the molecule is COCCOCCN1C[C@@H](Cc2ccnc3ccccc23)[C@@H](O)C1.O=CO. The summed E-state index contributed by atoms with van der Waals surface area (Å²) >= 11 is 0. The van der Waals surface area contributed by atoms with Crippen molar-refractivity contribution >= 4 is 17.4 Å². The molecular formula is C20H28N2O5. The van der Waals surface area contributed by atoms with Crippen LogP contribution in [0.4, 0.5) is 0 Å². The zero-order valence-electron chi connectivity index (χ0n) is 15.7. The van der Waals surface area contributed by atoms with Crippen LogP contribution in [0.1, 0.15) is 5.56 Å². The number of β-amino-alcohol motifs (C(OH)–C–C–N with tert-alkyl or cyclic N) is 1. The molecule has 2 atom stereocenters. The van der Waals surface area contributed by atoms with Gasteiger partial charge in [-0.15, -0.1) is 0 Å². The molecule has 0 unspecified atom stereocenters. The van der Waals surface area contributed by atoms with E-state index in [1.807, 2.05) is 24.4 Å². The number of nitrogens with zero attached hydrogens (tertiary/aromatic N) is 2. The Balaban J connectivity index is 0.000000817. The van der Waals surface area contributed by atoms with Crippen molar-refractivity contribution < 1.29 is 24.5 Å². The highest BCUT2D eigenvalue weighted by Gasteiger charge is 2.31. The molecule has 1 saturated heterocycles. The Morgan fingerprint density at radius 1 is 1.22 bits per heavy atom. The molecule has 0 radical (unpaired) electrons. The number of hydrogen-bond donors (Lipinski definition) is 2. The fourth-order valence-electron chi connectivity index (χ4n) is 3.38. The highest BCUT2D eigenvalue weighted by molar-refractivity contribution is 5.81. The Kier molecular flexibility index (Phi) is 9.13. The first-order valence-corrected chi connectivity index (χ1v) is 9.07. The highest BCUT2D eigenvalue weighted by atomic mass is 16.5. The van der Waals surface area contributed by atoms with Crippen LogP contribution in [-0.4, -0.2) is 79.2 Å². The molecule has 148 valence electrons. The topological polar surface area (TPSA) is 92.1 Å². The van der Waals surface area contributed by atoms with Gasteiger partial charge in [0.2, 0.25) is 0 Å². The van der Waals surface area contributed by atoms with E-state index in [4.69, 9.17) is 19.4 Å². The molecule has 1 aromatic carbocycles. The van der Waals surface area contributed by atoms with Gasteiger partial charge in [-0.3, -0.25) is 14.7 Å². The van der Waals surface area contributed by atoms with Gasteiger partial charge in [0.15, 0.2) is 0 Å². The molecule has 0 amide bonds. The molecule has 0 spiro atoms. The third-order valence-corrected chi connectivity index (χ3v) is 4.69. The molecule has 0 saturated carbocycles. The molecule has 7 heteroatoms. The average Bonchev–Trinajstić information content (AvgIpc) is 3.02. The number of carbonyl (C=O) groups is 1. The largest absolute Gasteiger partial charge is 0.483 e. The van der Waals surface area contributed by atoms with Crippen LogP contribution in [-0.2, 0) is 20.7 Å². The number of para-hydroxylation sites is 1. The molecule has 1 aliphatic rings. The number of aliphatic hydroxyl groups excluding tert-OH is 1. The lowest BCUT2D eigenvalue weighted by atomic mass is 9.94. The Morgan fingerprint density at radius 3 is 2.78 bits per heavy atom. The van der Waals surface area contributed by atoms with Crippen molar-refractivity contribution in [3.05, 3.63) is 42.1 Å². The number of carboxylic acid groups (broad SMARTS) is 1. The molecule has 2 aromatic rings. The fraction of sp³-hybridized carbons (Fsp3) is 0.500. The number of likely N-dealkylation sites (tertiary alicyclic amines) is 1. The summed E-state index contributed by atoms with van der Waals surface area (Å²) in [6.07, 6.45) is 2.46. The van der Waals surface area contributed by atoms with Crippen molar-refractivity contribution in [1.82, 2.24) is 9.88 Å². The molecule has 3 rings (SSSR count). The van der Waals surface area contributed by atoms with E-state index in [1.165, 1.54) is 10.9 Å². The summed E-state index contributed by atoms with van der Waals surface area (Å²) in [5.41, 5.74) is 2.29. The number of hydrogen-bond acceptors (Lipinski definition) is 6. The predicted molar refractivity (Wildman–Crippen MR) is 103 cm³/mol. The van der Waals surface area contributed by atoms with Crippen LogP contribution in [0.3, 0.4) is 0 Å². The van der Waals surface area contributed by atoms with Gasteiger partial charge in [0.25, 0.3) is 6.47 Å². The summed E-state index contributed by atoms with van der Waals surface area (Å²) in [4.78, 5) is 15.1. The minimum absolute atomic E-state index is 0.250. The molecule has 1 aliphatic heterocycles. The number of aliphatic hydroxyl groups is 1. The van der Waals surface area contributed by atoms with Gasteiger partial charge in [0.1, 0.15) is 0 Å². The zero-order chi connectivity index (χ0) is 19.5. The molecule has 0 aliphatic carbocycles. The third kappa shape index (κ3) is 6.55. The highest BCUT2D eigenvalue weighted by Crippen LogP contribution is 2.25. The Morgan fingerprint density at radius 2 is 2.00 bits per heavy atom. The van der Waals surface area contributed by atoms with Gasteiger partial charge < -0.3 is 19.7 Å². The van der Waals surface area contributed by atoms with Crippen LogP contribution in [0.2, 0.25) is 0 Å². The first-order chi connectivity index (χ1) is 13.2. The van der Waals surface area contributed by atoms with Gasteiger partial charge in [0, 0.05) is 44.2 Å². The van der Waals surface area contributed by atoms with Crippen molar-refractivity contribution in [1.29, 1.82) is 0 Å². The van der Waals surface area contributed by atoms with E-state index in [1.54, 1.807) is 7.11 Å². The lowest BCUT2D eigenvalue weighted by Gasteiger charge is -2.16. The van der Waals surface area contributed by atoms with Gasteiger partial charge in [0.05, 0.1) is 31.4 Å². The minimum Gasteiger partial charge on any atom is -0.483 e. The summed E-state index contributed by atoms with van der Waals surface area (Å²) < 4.78 is 10.5. The van der Waals surface area contributed by atoms with E-state index in [2.05, 4.69) is 22.0 Å². The van der Waals surface area contributed by atoms with E-state index in [9.17, 15) is 5.11 Å². The van der Waals surface area contributed by atoms with Crippen molar-refractivity contribution in [3.63, 3.8) is 0 Å². The van der Waals surface area contributed by atoms with E-state index in [-0.39, 0.29) is 18.5 Å². The normalized spacial score (nSPS) is 19.6. The van der Waals surface area contributed by atoms with Crippen LogP contribution < -0.4 is 0 Å². The first kappa shape index (κ1) is 21.2. The fourth-order valence-corrected chi connectivity index (χ4v) is 3.38. The van der Waals surface area contributed by atoms with Crippen LogP contribution in [0.15, 0.2) is 36.5 Å². The summed E-state index contributed by atoms with van der Waals surface area (Å²) in [5, 5.41) is 18.5. The Labute approximate surface area is 159 Å². The molecule has 1 aromatic heterocycles. The van der Waals surface area contributed by atoms with Crippen molar-refractivity contribution in [2.45, 2.75) is 12.5 Å². The molecule has 7 nitrogen and oxygen atoms in total. The van der Waals surface area contributed by atoms with Gasteiger partial charge >= 0.3 is 0 Å². The molecule has 2 heterocycles. The molecule has 2 N–H and O–H groups in total. The standard InChI is InChI=1S/C19H26N2O3.CH2O2/c1-23-10-11-24-9-8-21-13-16(19(22)14-21)12-15-6-7-20-18-5-3-2-4-17(15)18;2-1-3/h2-7,16,19,22H,8-14H2,1H3;1H,(H,2,3)/t16-,19+;/m1./s1. The van der Waals surface area contributed by atoms with Gasteiger partial charge in [-0.05, 0) is 24.1 Å². The second-order valence-corrected chi connectivity index (χ2v) is 6.49. The minimum atomic E-state index is -0.282. The van der Waals surface area contributed by atoms with Crippen LogP contribution in [0.25, 0.3) is 10.9 Å². The van der Waals surface area contributed by atoms with Gasteiger partial charge in [-0.25, -0.2) is 0 Å². The van der Waals surface area contributed by atoms with E-state index in [0.717, 1.165) is 31.6 Å². The number of ether oxygens (including phenoxy) is 2. The predicted octanol–water partition coefficient (Wildman–Crippen LogP) is 1.43. The second-order valence-electron chi connectivity index (χ2n) is 6.49. The molecular weight excluding hydrogens is 348 g/mol. The maximum Gasteiger partial charge on any atom is 0.290 e. The van der Waals surface area contributed by atoms with Crippen molar-refractivity contribution in [2.24, 2.45) is 5.92 Å². The summed E-state index contributed by atoms with van der Waals surface area (Å²) in [5.74, 6) is 0.259. The lowest BCUT2D eigenvalue weighted by molar-refractivity contribution is -0.122. The summed E-state index contributed by atoms with van der Waals surface area (Å²) in [6, 6.07) is 10.3. The number of fused-ring (bicyclic) bond motifs is 1. The number of methoxy groups -OCH3 is 1. The number of aromatic nitrogens is 1. The smallest absolute Gasteiger partial charge is 0.290 e. The first-order valence-electron chi connectivity index (χ1n) is 9.07. The van der Waals surface area contributed by atoms with Crippen molar-refractivity contribution in [3.8, 4) is 0 Å². The molecule has 1 fully saturated rings. The molecule has 0 bridgehead atoms.